The molecule has 0 saturated heterocycles. The van der Waals surface area contributed by atoms with Crippen LogP contribution in [0.25, 0.3) is 10.9 Å². The first-order valence-electron chi connectivity index (χ1n) is 6.73. The van der Waals surface area contributed by atoms with Gasteiger partial charge in [-0.25, -0.2) is 0 Å². The van der Waals surface area contributed by atoms with Gasteiger partial charge in [0.25, 0.3) is 0 Å². The second-order valence-corrected chi connectivity index (χ2v) is 9.85. The number of hydrogen-bond acceptors (Lipinski definition) is 0. The lowest BCUT2D eigenvalue weighted by molar-refractivity contribution is 1.22. The average Bonchev–Trinajstić information content (AvgIpc) is 2.83. The van der Waals surface area contributed by atoms with E-state index < -0.39 is 8.24 Å². The molecule has 0 atom stereocenters. The Labute approximate surface area is 115 Å². The number of rotatable bonds is 2. The molecule has 0 aliphatic carbocycles. The van der Waals surface area contributed by atoms with Gasteiger partial charge >= 0.3 is 0 Å². The topological polar surface area (TPSA) is 4.93 Å². The van der Waals surface area contributed by atoms with Crippen molar-refractivity contribution in [1.82, 2.24) is 4.23 Å². The molecule has 0 fully saturated rings. The fourth-order valence-corrected chi connectivity index (χ4v) is 5.27. The van der Waals surface area contributed by atoms with E-state index in [1.54, 1.807) is 0 Å². The predicted molar refractivity (Wildman–Crippen MR) is 85.6 cm³/mol. The third kappa shape index (κ3) is 2.02. The molecule has 0 aliphatic rings. The number of hydrogen-bond donors (Lipinski definition) is 0. The van der Waals surface area contributed by atoms with Crippen LogP contribution < -0.4 is 5.19 Å². The normalized spacial score (nSPS) is 11.9. The smallest absolute Gasteiger partial charge is 0.187 e. The van der Waals surface area contributed by atoms with E-state index in [2.05, 4.69) is 85.0 Å². The summed E-state index contributed by atoms with van der Waals surface area (Å²) >= 11 is 0. The van der Waals surface area contributed by atoms with Crippen molar-refractivity contribution in [3.8, 4) is 0 Å². The van der Waals surface area contributed by atoms with Gasteiger partial charge in [-0.3, -0.25) is 0 Å². The molecule has 0 aliphatic heterocycles. The van der Waals surface area contributed by atoms with Crippen LogP contribution in [0.2, 0.25) is 13.1 Å². The third-order valence-corrected chi connectivity index (χ3v) is 7.27. The van der Waals surface area contributed by atoms with Gasteiger partial charge in [0.15, 0.2) is 8.24 Å². The van der Waals surface area contributed by atoms with Crippen LogP contribution in [0, 0.1) is 6.92 Å². The molecule has 3 rings (SSSR count). The van der Waals surface area contributed by atoms with Gasteiger partial charge in [0, 0.05) is 5.52 Å². The van der Waals surface area contributed by atoms with Crippen molar-refractivity contribution in [3.63, 3.8) is 0 Å². The van der Waals surface area contributed by atoms with E-state index in [9.17, 15) is 0 Å². The molecule has 0 unspecified atom stereocenters. The van der Waals surface area contributed by atoms with Crippen LogP contribution >= 0.6 is 0 Å². The molecule has 2 heteroatoms. The van der Waals surface area contributed by atoms with Gasteiger partial charge in [-0.2, -0.15) is 0 Å². The molecule has 0 N–H and O–H groups in total. The minimum atomic E-state index is -1.67. The summed E-state index contributed by atoms with van der Waals surface area (Å²) < 4.78 is 2.50. The molecule has 1 aromatic heterocycles. The molecule has 1 nitrogen and oxygen atoms in total. The molecule has 3 aromatic rings. The number of fused-ring (bicyclic) bond motifs is 1. The summed E-state index contributed by atoms with van der Waals surface area (Å²) in [6.45, 7) is 6.96. The second kappa shape index (κ2) is 4.39. The first-order chi connectivity index (χ1) is 9.09. The largest absolute Gasteiger partial charge is 0.370 e. The molecule has 0 spiro atoms. The Morgan fingerprint density at radius 3 is 2.37 bits per heavy atom. The van der Waals surface area contributed by atoms with E-state index in [0.29, 0.717) is 0 Å². The summed E-state index contributed by atoms with van der Waals surface area (Å²) in [4.78, 5) is 0. The van der Waals surface area contributed by atoms with Crippen molar-refractivity contribution in [3.05, 3.63) is 66.4 Å². The molecular weight excluding hydrogens is 246 g/mol. The summed E-state index contributed by atoms with van der Waals surface area (Å²) in [6.07, 6.45) is 2.25. The Bertz CT molecular complexity index is 710. The van der Waals surface area contributed by atoms with Gasteiger partial charge in [-0.05, 0) is 55.0 Å². The van der Waals surface area contributed by atoms with Crippen molar-refractivity contribution in [2.75, 3.05) is 0 Å². The van der Waals surface area contributed by atoms with Crippen LogP contribution in [0.15, 0.2) is 60.8 Å². The molecule has 2 aromatic carbocycles. The van der Waals surface area contributed by atoms with Gasteiger partial charge in [0.05, 0.1) is 0 Å². The van der Waals surface area contributed by atoms with E-state index in [1.165, 1.54) is 21.7 Å². The summed E-state index contributed by atoms with van der Waals surface area (Å²) in [5.74, 6) is 0. The van der Waals surface area contributed by atoms with Crippen molar-refractivity contribution in [1.29, 1.82) is 0 Å². The lowest BCUT2D eigenvalue weighted by atomic mass is 10.2. The fourth-order valence-electron chi connectivity index (χ4n) is 2.73. The Balaban J connectivity index is 2.19. The predicted octanol–water partition coefficient (Wildman–Crippen LogP) is 3.91. The zero-order valence-corrected chi connectivity index (χ0v) is 12.7. The van der Waals surface area contributed by atoms with Crippen LogP contribution in [0.4, 0.5) is 0 Å². The molecule has 96 valence electrons. The summed E-state index contributed by atoms with van der Waals surface area (Å²) in [5.41, 5.74) is 2.68. The monoisotopic (exact) mass is 265 g/mol. The van der Waals surface area contributed by atoms with Crippen molar-refractivity contribution < 1.29 is 0 Å². The molecule has 0 amide bonds. The van der Waals surface area contributed by atoms with Gasteiger partial charge in [0.1, 0.15) is 0 Å². The maximum absolute atomic E-state index is 2.50. The summed E-state index contributed by atoms with van der Waals surface area (Å²) in [7, 11) is -1.67. The first-order valence-corrected chi connectivity index (χ1v) is 9.67. The summed E-state index contributed by atoms with van der Waals surface area (Å²) in [6, 6.07) is 19.8. The zero-order valence-electron chi connectivity index (χ0n) is 11.7. The molecule has 1 heterocycles. The quantitative estimate of drug-likeness (QED) is 0.619. The lowest BCUT2D eigenvalue weighted by Crippen LogP contribution is -2.48. The molecule has 0 bridgehead atoms. The summed E-state index contributed by atoms with van der Waals surface area (Å²) in [5, 5.41) is 2.81. The van der Waals surface area contributed by atoms with Gasteiger partial charge in [0.2, 0.25) is 0 Å². The maximum Gasteiger partial charge on any atom is 0.187 e. The Hall–Kier alpha value is -1.80. The average molecular weight is 265 g/mol. The maximum atomic E-state index is 2.50. The highest BCUT2D eigenvalue weighted by atomic mass is 28.3. The van der Waals surface area contributed by atoms with Crippen molar-refractivity contribution >= 4 is 24.3 Å². The lowest BCUT2D eigenvalue weighted by Gasteiger charge is -2.26. The SMILES string of the molecule is Cc1ccc2c(ccn2[Si](C)(C)c2ccccc2)c1. The second-order valence-electron chi connectivity index (χ2n) is 5.67. The molecular formula is C17H19NSi. The molecule has 19 heavy (non-hydrogen) atoms. The first kappa shape index (κ1) is 12.2. The van der Waals surface area contributed by atoms with Crippen molar-refractivity contribution in [2.45, 2.75) is 20.0 Å². The molecule has 0 radical (unpaired) electrons. The van der Waals surface area contributed by atoms with Crippen LogP contribution in [0.1, 0.15) is 5.56 Å². The Kier molecular flexibility index (Phi) is 2.83. The third-order valence-electron chi connectivity index (χ3n) is 3.93. The van der Waals surface area contributed by atoms with Crippen LogP contribution in [0.3, 0.4) is 0 Å². The number of aromatic nitrogens is 1. The Morgan fingerprint density at radius 1 is 0.895 bits per heavy atom. The zero-order chi connectivity index (χ0) is 13.5. The molecule has 0 saturated carbocycles. The van der Waals surface area contributed by atoms with Crippen LogP contribution in [-0.4, -0.2) is 12.5 Å². The number of benzene rings is 2. The van der Waals surface area contributed by atoms with E-state index in [-0.39, 0.29) is 0 Å². The van der Waals surface area contributed by atoms with Crippen molar-refractivity contribution in [2.24, 2.45) is 0 Å². The van der Waals surface area contributed by atoms with Crippen LogP contribution in [-0.2, 0) is 0 Å². The number of aryl methyl sites for hydroxylation is 1. The van der Waals surface area contributed by atoms with Gasteiger partial charge in [-0.1, -0.05) is 42.0 Å². The van der Waals surface area contributed by atoms with E-state index in [4.69, 9.17) is 0 Å². The minimum Gasteiger partial charge on any atom is -0.370 e. The standard InChI is InChI=1S/C17H19NSi/c1-14-9-10-17-15(13-14)11-12-18(17)19(2,3)16-7-5-4-6-8-16/h4-13H,1-3H3. The fraction of sp³-hybridized carbons (Fsp3) is 0.176. The highest BCUT2D eigenvalue weighted by Gasteiger charge is 2.26. The van der Waals surface area contributed by atoms with E-state index >= 15 is 0 Å². The highest BCUT2D eigenvalue weighted by Crippen LogP contribution is 2.21. The van der Waals surface area contributed by atoms with Gasteiger partial charge < -0.3 is 4.23 Å². The Morgan fingerprint density at radius 2 is 1.63 bits per heavy atom. The minimum absolute atomic E-state index is 1.32. The van der Waals surface area contributed by atoms with Crippen LogP contribution in [0.5, 0.6) is 0 Å². The van der Waals surface area contributed by atoms with E-state index in [1.807, 2.05) is 0 Å². The van der Waals surface area contributed by atoms with E-state index in [0.717, 1.165) is 0 Å². The number of nitrogens with zero attached hydrogens (tertiary/aromatic N) is 1. The highest BCUT2D eigenvalue weighted by molar-refractivity contribution is 6.89. The van der Waals surface area contributed by atoms with Gasteiger partial charge in [-0.15, -0.1) is 0 Å².